The highest BCUT2D eigenvalue weighted by atomic mass is 16.2. The van der Waals surface area contributed by atoms with Gasteiger partial charge < -0.3 is 10.2 Å². The van der Waals surface area contributed by atoms with Gasteiger partial charge in [-0.2, -0.15) is 0 Å². The molecule has 0 bridgehead atoms. The number of carbonyl (C=O) groups is 2. The van der Waals surface area contributed by atoms with Crippen LogP contribution in [0.2, 0.25) is 0 Å². The Morgan fingerprint density at radius 3 is 2.51 bits per heavy atom. The first kappa shape index (κ1) is 24.6. The SMILES string of the molecule is CC(C)c1ccc(CC(=O)NCC2CC[C@H]3[C@@H]4CCC5N(C)C(=O)C=C[C@]5(C)[C@@H]4CC[C@]23C)cc1. The molecule has 0 spiro atoms. The number of hydrogen-bond acceptors (Lipinski definition) is 2. The fraction of sp³-hybridized carbons (Fsp3) is 0.677. The highest BCUT2D eigenvalue weighted by Crippen LogP contribution is 2.65. The molecule has 0 saturated heterocycles. The number of nitrogens with one attached hydrogen (secondary N) is 1. The van der Waals surface area contributed by atoms with Crippen molar-refractivity contribution in [1.29, 1.82) is 0 Å². The maximum Gasteiger partial charge on any atom is 0.246 e. The summed E-state index contributed by atoms with van der Waals surface area (Å²) in [5.74, 6) is 3.53. The van der Waals surface area contributed by atoms with E-state index in [1.165, 1.54) is 37.7 Å². The molecule has 0 radical (unpaired) electrons. The quantitative estimate of drug-likeness (QED) is 0.590. The van der Waals surface area contributed by atoms with Gasteiger partial charge in [0.25, 0.3) is 0 Å². The van der Waals surface area contributed by atoms with Crippen LogP contribution < -0.4 is 5.32 Å². The molecule has 1 aromatic rings. The van der Waals surface area contributed by atoms with Crippen LogP contribution in [-0.4, -0.2) is 36.3 Å². The van der Waals surface area contributed by atoms with E-state index in [1.807, 2.05) is 18.0 Å². The highest BCUT2D eigenvalue weighted by molar-refractivity contribution is 5.89. The van der Waals surface area contributed by atoms with Crippen molar-refractivity contribution in [2.24, 2.45) is 34.5 Å². The summed E-state index contributed by atoms with van der Waals surface area (Å²) in [6.07, 6.45) is 11.9. The number of carbonyl (C=O) groups excluding carboxylic acids is 2. The first-order chi connectivity index (χ1) is 16.6. The lowest BCUT2D eigenvalue weighted by molar-refractivity contribution is -0.139. The second-order valence-corrected chi connectivity index (χ2v) is 12.8. The highest BCUT2D eigenvalue weighted by Gasteiger charge is 2.60. The molecule has 0 aromatic heterocycles. The van der Waals surface area contributed by atoms with E-state index < -0.39 is 0 Å². The van der Waals surface area contributed by atoms with Gasteiger partial charge in [-0.05, 0) is 90.7 Å². The van der Waals surface area contributed by atoms with Crippen LogP contribution in [0.4, 0.5) is 0 Å². The zero-order chi connectivity index (χ0) is 25.0. The van der Waals surface area contributed by atoms with E-state index in [9.17, 15) is 9.59 Å². The van der Waals surface area contributed by atoms with E-state index >= 15 is 0 Å². The molecule has 3 fully saturated rings. The Hall–Kier alpha value is -2.10. The van der Waals surface area contributed by atoms with Crippen molar-refractivity contribution in [3.8, 4) is 0 Å². The van der Waals surface area contributed by atoms with Crippen LogP contribution in [0, 0.1) is 34.5 Å². The number of fused-ring (bicyclic) bond motifs is 5. The van der Waals surface area contributed by atoms with E-state index in [0.717, 1.165) is 30.4 Å². The van der Waals surface area contributed by atoms with Gasteiger partial charge in [0.05, 0.1) is 6.42 Å². The second-order valence-electron chi connectivity index (χ2n) is 12.8. The predicted molar refractivity (Wildman–Crippen MR) is 141 cm³/mol. The second kappa shape index (κ2) is 9.09. The summed E-state index contributed by atoms with van der Waals surface area (Å²) in [7, 11) is 2.00. The van der Waals surface area contributed by atoms with Crippen LogP contribution >= 0.6 is 0 Å². The molecule has 3 aliphatic carbocycles. The number of hydrogen-bond donors (Lipinski definition) is 1. The van der Waals surface area contributed by atoms with Gasteiger partial charge >= 0.3 is 0 Å². The molecule has 4 nitrogen and oxygen atoms in total. The van der Waals surface area contributed by atoms with Gasteiger partial charge in [-0.25, -0.2) is 0 Å². The average Bonchev–Trinajstić information content (AvgIpc) is 3.17. The van der Waals surface area contributed by atoms with Crippen LogP contribution in [0.25, 0.3) is 0 Å². The van der Waals surface area contributed by atoms with E-state index in [4.69, 9.17) is 0 Å². The fourth-order valence-electron chi connectivity index (χ4n) is 8.69. The molecular formula is C31H44N2O2. The van der Waals surface area contributed by atoms with Gasteiger partial charge in [0.2, 0.25) is 11.8 Å². The molecule has 5 rings (SSSR count). The van der Waals surface area contributed by atoms with E-state index in [2.05, 4.69) is 63.4 Å². The van der Waals surface area contributed by atoms with Crippen molar-refractivity contribution in [1.82, 2.24) is 10.2 Å². The zero-order valence-electron chi connectivity index (χ0n) is 22.3. The van der Waals surface area contributed by atoms with Gasteiger partial charge in [-0.15, -0.1) is 0 Å². The Labute approximate surface area is 211 Å². The van der Waals surface area contributed by atoms with Gasteiger partial charge in [0, 0.05) is 25.0 Å². The molecule has 190 valence electrons. The maximum atomic E-state index is 12.8. The number of likely N-dealkylation sites (N-methyl/N-ethyl adjacent to an activating group) is 1. The van der Waals surface area contributed by atoms with Crippen molar-refractivity contribution in [2.75, 3.05) is 13.6 Å². The molecule has 1 aromatic carbocycles. The number of nitrogens with zero attached hydrogens (tertiary/aromatic N) is 1. The normalized spacial score (nSPS) is 38.2. The topological polar surface area (TPSA) is 49.4 Å². The smallest absolute Gasteiger partial charge is 0.246 e. The Kier molecular flexibility index (Phi) is 6.38. The minimum absolute atomic E-state index is 0.102. The fourth-order valence-corrected chi connectivity index (χ4v) is 8.69. The zero-order valence-corrected chi connectivity index (χ0v) is 22.3. The van der Waals surface area contributed by atoms with Gasteiger partial charge in [0.15, 0.2) is 0 Å². The van der Waals surface area contributed by atoms with Crippen molar-refractivity contribution >= 4 is 11.8 Å². The van der Waals surface area contributed by atoms with Gasteiger partial charge in [0.1, 0.15) is 0 Å². The van der Waals surface area contributed by atoms with E-state index in [1.54, 1.807) is 0 Å². The van der Waals surface area contributed by atoms with Crippen molar-refractivity contribution < 1.29 is 9.59 Å². The molecule has 1 heterocycles. The molecule has 4 aliphatic rings. The summed E-state index contributed by atoms with van der Waals surface area (Å²) < 4.78 is 0. The first-order valence-corrected chi connectivity index (χ1v) is 13.9. The predicted octanol–water partition coefficient (Wildman–Crippen LogP) is 5.72. The van der Waals surface area contributed by atoms with Crippen LogP contribution in [-0.2, 0) is 16.0 Å². The Morgan fingerprint density at radius 2 is 1.80 bits per heavy atom. The molecule has 2 amide bonds. The number of benzene rings is 1. The third-order valence-electron chi connectivity index (χ3n) is 10.9. The standard InChI is InChI=1S/C31H44N2O2/c1-20(2)22-8-6-21(7-9-22)18-28(34)32-19-23-10-12-25-24-11-13-27-31(4,17-15-29(35)33(27)5)26(24)14-16-30(23,25)3/h6-9,15,17,20,23-27H,10-14,16,18-19H2,1-5H3,(H,32,34)/t23?,24-,25-,26+,27?,30+,31+/m0/s1. The molecule has 35 heavy (non-hydrogen) atoms. The number of amides is 2. The van der Waals surface area contributed by atoms with Crippen LogP contribution in [0.5, 0.6) is 0 Å². The largest absolute Gasteiger partial charge is 0.356 e. The molecule has 3 saturated carbocycles. The minimum Gasteiger partial charge on any atom is -0.356 e. The molecule has 1 N–H and O–H groups in total. The molecule has 2 unspecified atom stereocenters. The lowest BCUT2D eigenvalue weighted by Gasteiger charge is -2.60. The van der Waals surface area contributed by atoms with Crippen LogP contribution in [0.15, 0.2) is 36.4 Å². The first-order valence-electron chi connectivity index (χ1n) is 13.9. The summed E-state index contributed by atoms with van der Waals surface area (Å²) in [4.78, 5) is 27.1. The third kappa shape index (κ3) is 4.15. The van der Waals surface area contributed by atoms with Crippen LogP contribution in [0.3, 0.4) is 0 Å². The molecule has 7 atom stereocenters. The Bertz CT molecular complexity index is 998. The van der Waals surface area contributed by atoms with Gasteiger partial charge in [-0.1, -0.05) is 58.0 Å². The maximum absolute atomic E-state index is 12.8. The Morgan fingerprint density at radius 1 is 1.06 bits per heavy atom. The van der Waals surface area contributed by atoms with E-state index in [-0.39, 0.29) is 17.2 Å². The average molecular weight is 477 g/mol. The van der Waals surface area contributed by atoms with Crippen molar-refractivity contribution in [3.05, 3.63) is 47.5 Å². The van der Waals surface area contributed by atoms with Crippen molar-refractivity contribution in [3.63, 3.8) is 0 Å². The summed E-state index contributed by atoms with van der Waals surface area (Å²) >= 11 is 0. The minimum atomic E-state index is 0.102. The van der Waals surface area contributed by atoms with Gasteiger partial charge in [-0.3, -0.25) is 9.59 Å². The lowest BCUT2D eigenvalue weighted by Crippen LogP contribution is -2.59. The monoisotopic (exact) mass is 476 g/mol. The summed E-state index contributed by atoms with van der Waals surface area (Å²) in [6.45, 7) is 10.1. The van der Waals surface area contributed by atoms with Crippen LogP contribution in [0.1, 0.15) is 83.3 Å². The van der Waals surface area contributed by atoms with E-state index in [0.29, 0.717) is 35.6 Å². The third-order valence-corrected chi connectivity index (χ3v) is 10.9. The number of rotatable bonds is 5. The van der Waals surface area contributed by atoms with Crippen molar-refractivity contribution in [2.45, 2.75) is 84.6 Å². The molecule has 1 aliphatic heterocycles. The molecular weight excluding hydrogens is 432 g/mol. The summed E-state index contributed by atoms with van der Waals surface area (Å²) in [6, 6.07) is 8.85. The lowest BCUT2D eigenvalue weighted by atomic mass is 9.47. The summed E-state index contributed by atoms with van der Waals surface area (Å²) in [5, 5.41) is 3.31. The molecule has 4 heteroatoms. The Balaban J connectivity index is 1.22. The summed E-state index contributed by atoms with van der Waals surface area (Å²) in [5.41, 5.74) is 2.83.